The number of ether oxygens (including phenoxy) is 1. The summed E-state index contributed by atoms with van der Waals surface area (Å²) >= 11 is 0. The van der Waals surface area contributed by atoms with Crippen molar-refractivity contribution in [2.75, 3.05) is 12.4 Å². The molecule has 26 heavy (non-hydrogen) atoms. The van der Waals surface area contributed by atoms with Crippen LogP contribution in [0.15, 0.2) is 54.6 Å². The van der Waals surface area contributed by atoms with Crippen LogP contribution in [0.5, 0.6) is 0 Å². The number of nitro benzene ring substituents is 1. The predicted octanol–water partition coefficient (Wildman–Crippen LogP) is 4.21. The normalized spacial score (nSPS) is 22.9. The number of carbonyl (C=O) groups is 1. The van der Waals surface area contributed by atoms with Crippen molar-refractivity contribution in [2.24, 2.45) is 5.92 Å². The topological polar surface area (TPSA) is 81.5 Å². The van der Waals surface area contributed by atoms with Crippen LogP contribution in [0.3, 0.4) is 0 Å². The molecule has 6 heteroatoms. The lowest BCUT2D eigenvalue weighted by Gasteiger charge is -2.37. The highest BCUT2D eigenvalue weighted by Crippen LogP contribution is 2.50. The monoisotopic (exact) mass is 350 g/mol. The number of rotatable bonds is 3. The van der Waals surface area contributed by atoms with Crippen LogP contribution in [0.25, 0.3) is 0 Å². The van der Waals surface area contributed by atoms with E-state index < -0.39 is 0 Å². The third-order valence-electron chi connectivity index (χ3n) is 5.22. The lowest BCUT2D eigenvalue weighted by Crippen LogP contribution is -2.29. The van der Waals surface area contributed by atoms with Crippen LogP contribution in [0, 0.1) is 16.0 Å². The number of esters is 1. The number of nitro groups is 1. The molecule has 2 aliphatic rings. The van der Waals surface area contributed by atoms with Crippen LogP contribution >= 0.6 is 0 Å². The first-order valence-corrected chi connectivity index (χ1v) is 8.48. The quantitative estimate of drug-likeness (QED) is 0.388. The minimum atomic E-state index is -0.368. The fourth-order valence-electron chi connectivity index (χ4n) is 4.00. The van der Waals surface area contributed by atoms with E-state index in [0.29, 0.717) is 5.56 Å². The number of benzene rings is 2. The summed E-state index contributed by atoms with van der Waals surface area (Å²) in [5, 5.41) is 14.6. The molecule has 2 aromatic rings. The van der Waals surface area contributed by atoms with Crippen LogP contribution in [0.2, 0.25) is 0 Å². The van der Waals surface area contributed by atoms with Gasteiger partial charge in [0.2, 0.25) is 0 Å². The van der Waals surface area contributed by atoms with Crippen LogP contribution in [0.4, 0.5) is 11.4 Å². The maximum atomic E-state index is 11.9. The summed E-state index contributed by atoms with van der Waals surface area (Å²) in [5.41, 5.74) is 3.54. The molecule has 6 nitrogen and oxygen atoms in total. The molecule has 132 valence electrons. The highest BCUT2D eigenvalue weighted by atomic mass is 16.6. The van der Waals surface area contributed by atoms with E-state index in [-0.39, 0.29) is 34.5 Å². The molecule has 1 N–H and O–H groups in total. The van der Waals surface area contributed by atoms with E-state index in [1.807, 2.05) is 18.2 Å². The first kappa shape index (κ1) is 16.3. The molecule has 2 aromatic carbocycles. The van der Waals surface area contributed by atoms with Gasteiger partial charge in [-0.3, -0.25) is 10.1 Å². The smallest absolute Gasteiger partial charge is 0.337 e. The van der Waals surface area contributed by atoms with Crippen molar-refractivity contribution >= 4 is 17.3 Å². The van der Waals surface area contributed by atoms with E-state index in [1.54, 1.807) is 18.2 Å². The highest BCUT2D eigenvalue weighted by molar-refractivity contribution is 5.90. The molecule has 0 aromatic heterocycles. The minimum absolute atomic E-state index is 0.0219. The average molecular weight is 350 g/mol. The van der Waals surface area contributed by atoms with Crippen molar-refractivity contribution in [2.45, 2.75) is 18.4 Å². The second-order valence-electron chi connectivity index (χ2n) is 6.62. The molecule has 1 aliphatic carbocycles. The summed E-state index contributed by atoms with van der Waals surface area (Å²) in [4.78, 5) is 22.6. The SMILES string of the molecule is COC(=O)c1ccc2c(c1)C1C=CCC1C(c1cccc([N+](=O)[O-])c1)N2. The Hall–Kier alpha value is -3.15. The number of methoxy groups -OCH3 is 1. The van der Waals surface area contributed by atoms with Crippen molar-refractivity contribution < 1.29 is 14.5 Å². The zero-order chi connectivity index (χ0) is 18.3. The Labute approximate surface area is 150 Å². The van der Waals surface area contributed by atoms with Gasteiger partial charge in [-0.2, -0.15) is 0 Å². The summed E-state index contributed by atoms with van der Waals surface area (Å²) in [7, 11) is 1.37. The van der Waals surface area contributed by atoms with Crippen LogP contribution in [0.1, 0.15) is 39.9 Å². The number of allylic oxidation sites excluding steroid dienone is 2. The Balaban J connectivity index is 1.75. The molecule has 1 heterocycles. The van der Waals surface area contributed by atoms with Gasteiger partial charge in [0.25, 0.3) is 5.69 Å². The van der Waals surface area contributed by atoms with Crippen LogP contribution in [-0.2, 0) is 4.74 Å². The van der Waals surface area contributed by atoms with Gasteiger partial charge in [-0.1, -0.05) is 24.3 Å². The number of carbonyl (C=O) groups excluding carboxylic acids is 1. The minimum Gasteiger partial charge on any atom is -0.465 e. The van der Waals surface area contributed by atoms with Gasteiger partial charge in [0.05, 0.1) is 23.6 Å². The number of hydrogen-bond donors (Lipinski definition) is 1. The molecule has 0 radical (unpaired) electrons. The Morgan fingerprint density at radius 2 is 2.12 bits per heavy atom. The molecule has 0 saturated carbocycles. The van der Waals surface area contributed by atoms with E-state index >= 15 is 0 Å². The van der Waals surface area contributed by atoms with Crippen LogP contribution in [-0.4, -0.2) is 18.0 Å². The van der Waals surface area contributed by atoms with Crippen molar-refractivity contribution in [1.82, 2.24) is 0 Å². The van der Waals surface area contributed by atoms with Gasteiger partial charge in [0.15, 0.2) is 0 Å². The van der Waals surface area contributed by atoms with E-state index in [1.165, 1.54) is 13.2 Å². The van der Waals surface area contributed by atoms with E-state index in [2.05, 4.69) is 17.5 Å². The van der Waals surface area contributed by atoms with Gasteiger partial charge in [-0.05, 0) is 41.7 Å². The molecular weight excluding hydrogens is 332 g/mol. The third-order valence-corrected chi connectivity index (χ3v) is 5.22. The first-order chi connectivity index (χ1) is 12.6. The zero-order valence-corrected chi connectivity index (χ0v) is 14.2. The van der Waals surface area contributed by atoms with Crippen molar-refractivity contribution in [3.8, 4) is 0 Å². The average Bonchev–Trinajstić information content (AvgIpc) is 3.16. The Morgan fingerprint density at radius 1 is 1.27 bits per heavy atom. The molecule has 0 bridgehead atoms. The zero-order valence-electron chi connectivity index (χ0n) is 14.2. The molecule has 0 amide bonds. The summed E-state index contributed by atoms with van der Waals surface area (Å²) in [6, 6.07) is 12.3. The molecule has 3 unspecified atom stereocenters. The lowest BCUT2D eigenvalue weighted by atomic mass is 9.76. The van der Waals surface area contributed by atoms with Crippen molar-refractivity contribution in [1.29, 1.82) is 0 Å². The fraction of sp³-hybridized carbons (Fsp3) is 0.250. The van der Waals surface area contributed by atoms with E-state index in [9.17, 15) is 14.9 Å². The van der Waals surface area contributed by atoms with Gasteiger partial charge < -0.3 is 10.1 Å². The van der Waals surface area contributed by atoms with E-state index in [4.69, 9.17) is 4.74 Å². The highest BCUT2D eigenvalue weighted by Gasteiger charge is 2.38. The van der Waals surface area contributed by atoms with Crippen LogP contribution < -0.4 is 5.32 Å². The van der Waals surface area contributed by atoms with Crippen molar-refractivity contribution in [3.05, 3.63) is 81.4 Å². The number of non-ortho nitro benzene ring substituents is 1. The summed E-state index contributed by atoms with van der Waals surface area (Å²) < 4.78 is 4.82. The molecule has 0 fully saturated rings. The number of nitrogens with zero attached hydrogens (tertiary/aromatic N) is 1. The third kappa shape index (κ3) is 2.63. The van der Waals surface area contributed by atoms with Gasteiger partial charge in [0.1, 0.15) is 0 Å². The van der Waals surface area contributed by atoms with Gasteiger partial charge >= 0.3 is 5.97 Å². The van der Waals surface area contributed by atoms with Gasteiger partial charge in [0, 0.05) is 23.7 Å². The summed E-state index contributed by atoms with van der Waals surface area (Å²) in [6.07, 6.45) is 5.18. The molecule has 4 rings (SSSR count). The number of fused-ring (bicyclic) bond motifs is 3. The predicted molar refractivity (Wildman–Crippen MR) is 97.2 cm³/mol. The second kappa shape index (κ2) is 6.29. The van der Waals surface area contributed by atoms with Crippen molar-refractivity contribution in [3.63, 3.8) is 0 Å². The molecular formula is C20H18N2O4. The maximum Gasteiger partial charge on any atom is 0.337 e. The van der Waals surface area contributed by atoms with E-state index in [0.717, 1.165) is 23.2 Å². The second-order valence-corrected chi connectivity index (χ2v) is 6.62. The first-order valence-electron chi connectivity index (χ1n) is 8.48. The molecule has 0 spiro atoms. The fourth-order valence-corrected chi connectivity index (χ4v) is 4.00. The molecule has 0 saturated heterocycles. The molecule has 1 aliphatic heterocycles. The summed E-state index contributed by atoms with van der Waals surface area (Å²) in [6.45, 7) is 0. The maximum absolute atomic E-state index is 11.9. The Bertz CT molecular complexity index is 922. The Morgan fingerprint density at radius 3 is 2.88 bits per heavy atom. The largest absolute Gasteiger partial charge is 0.465 e. The van der Waals surface area contributed by atoms with Gasteiger partial charge in [-0.15, -0.1) is 0 Å². The lowest BCUT2D eigenvalue weighted by molar-refractivity contribution is -0.384. The van der Waals surface area contributed by atoms with Gasteiger partial charge in [-0.25, -0.2) is 4.79 Å². The Kier molecular flexibility index (Phi) is 3.95. The number of anilines is 1. The standard InChI is InChI=1S/C20H18N2O4/c1-26-20(23)13-8-9-18-17(11-13)15-6-3-7-16(15)19(21-18)12-4-2-5-14(10-12)22(24)25/h2-6,8-11,15-16,19,21H,7H2,1H3. The number of nitrogens with one attached hydrogen (secondary N) is 1. The number of hydrogen-bond acceptors (Lipinski definition) is 5. The molecule has 3 atom stereocenters. The summed E-state index contributed by atoms with van der Waals surface area (Å²) in [5.74, 6) is 0.0599.